The fourth-order valence-electron chi connectivity index (χ4n) is 2.35. The average molecular weight is 291 g/mol. The molecule has 1 unspecified atom stereocenters. The zero-order chi connectivity index (χ0) is 14.1. The number of aromatic nitrogens is 1. The van der Waals surface area contributed by atoms with Gasteiger partial charge in [-0.05, 0) is 31.9 Å². The van der Waals surface area contributed by atoms with Crippen LogP contribution in [-0.2, 0) is 4.74 Å². The van der Waals surface area contributed by atoms with Crippen molar-refractivity contribution < 1.29 is 9.53 Å². The van der Waals surface area contributed by atoms with Crippen LogP contribution in [0, 0.1) is 6.92 Å². The highest BCUT2D eigenvalue weighted by atomic mass is 32.1. The quantitative estimate of drug-likeness (QED) is 0.908. The number of hydrogen-bond donors (Lipinski definition) is 2. The van der Waals surface area contributed by atoms with Crippen molar-refractivity contribution in [3.63, 3.8) is 0 Å². The van der Waals surface area contributed by atoms with E-state index in [0.717, 1.165) is 35.4 Å². The molecule has 1 aliphatic rings. The minimum atomic E-state index is -0.140. The molecule has 2 aromatic heterocycles. The molecule has 1 amide bonds. The molecule has 0 spiro atoms. The molecule has 2 aromatic rings. The molecule has 0 radical (unpaired) electrons. The Morgan fingerprint density at radius 3 is 3.20 bits per heavy atom. The number of carbonyl (C=O) groups excluding carboxylic acids is 1. The molecule has 1 atom stereocenters. The van der Waals surface area contributed by atoms with Crippen LogP contribution in [0.2, 0.25) is 0 Å². The van der Waals surface area contributed by atoms with Crippen LogP contribution in [0.1, 0.15) is 28.2 Å². The van der Waals surface area contributed by atoms with Crippen molar-refractivity contribution in [2.24, 2.45) is 0 Å². The summed E-state index contributed by atoms with van der Waals surface area (Å²) in [4.78, 5) is 18.0. The number of anilines is 1. The summed E-state index contributed by atoms with van der Waals surface area (Å²) < 4.78 is 5.49. The van der Waals surface area contributed by atoms with Gasteiger partial charge in [0.25, 0.3) is 5.91 Å². The zero-order valence-electron chi connectivity index (χ0n) is 11.3. The third-order valence-corrected chi connectivity index (χ3v) is 4.57. The van der Waals surface area contributed by atoms with Crippen molar-refractivity contribution in [3.8, 4) is 0 Å². The van der Waals surface area contributed by atoms with Crippen LogP contribution in [0.3, 0.4) is 0 Å². The molecule has 3 N–H and O–H groups in total. The van der Waals surface area contributed by atoms with Crippen LogP contribution in [-0.4, -0.2) is 30.1 Å². The van der Waals surface area contributed by atoms with Crippen LogP contribution >= 0.6 is 11.3 Å². The number of nitrogens with zero attached hydrogens (tertiary/aromatic N) is 1. The number of pyridine rings is 1. The maximum atomic E-state index is 12.2. The third kappa shape index (κ3) is 2.48. The SMILES string of the molecule is Cc1ccc2c(N)c(C(=O)NCC3CCCO3)sc2n1. The lowest BCUT2D eigenvalue weighted by Gasteiger charge is -2.10. The van der Waals surface area contributed by atoms with Gasteiger partial charge in [-0.1, -0.05) is 0 Å². The van der Waals surface area contributed by atoms with Gasteiger partial charge in [-0.2, -0.15) is 0 Å². The summed E-state index contributed by atoms with van der Waals surface area (Å²) in [5, 5.41) is 3.75. The minimum absolute atomic E-state index is 0.134. The number of carbonyl (C=O) groups is 1. The van der Waals surface area contributed by atoms with Crippen LogP contribution in [0.4, 0.5) is 5.69 Å². The number of fused-ring (bicyclic) bond motifs is 1. The van der Waals surface area contributed by atoms with E-state index < -0.39 is 0 Å². The number of nitrogens with two attached hydrogens (primary N) is 1. The maximum Gasteiger partial charge on any atom is 0.263 e. The Balaban J connectivity index is 1.78. The largest absolute Gasteiger partial charge is 0.397 e. The van der Waals surface area contributed by atoms with Gasteiger partial charge in [0.15, 0.2) is 0 Å². The number of ether oxygens (including phenoxy) is 1. The van der Waals surface area contributed by atoms with Crippen molar-refractivity contribution in [1.82, 2.24) is 10.3 Å². The lowest BCUT2D eigenvalue weighted by molar-refractivity contribution is 0.0862. The van der Waals surface area contributed by atoms with E-state index >= 15 is 0 Å². The first-order valence-electron chi connectivity index (χ1n) is 6.70. The van der Waals surface area contributed by atoms with Crippen LogP contribution < -0.4 is 11.1 Å². The van der Waals surface area contributed by atoms with Crippen LogP contribution in [0.5, 0.6) is 0 Å². The van der Waals surface area contributed by atoms with Crippen molar-refractivity contribution >= 4 is 33.1 Å². The predicted molar refractivity (Wildman–Crippen MR) is 80.1 cm³/mol. The highest BCUT2D eigenvalue weighted by molar-refractivity contribution is 7.21. The van der Waals surface area contributed by atoms with E-state index in [4.69, 9.17) is 10.5 Å². The molecule has 0 saturated carbocycles. The van der Waals surface area contributed by atoms with Gasteiger partial charge in [0.2, 0.25) is 0 Å². The normalized spacial score (nSPS) is 18.6. The number of nitrogen functional groups attached to an aromatic ring is 1. The Kier molecular flexibility index (Phi) is 3.58. The van der Waals surface area contributed by atoms with E-state index in [1.165, 1.54) is 11.3 Å². The van der Waals surface area contributed by atoms with Crippen LogP contribution in [0.25, 0.3) is 10.2 Å². The number of hydrogen-bond acceptors (Lipinski definition) is 5. The highest BCUT2D eigenvalue weighted by Crippen LogP contribution is 2.32. The Bertz CT molecular complexity index is 647. The van der Waals surface area contributed by atoms with Gasteiger partial charge in [0.1, 0.15) is 9.71 Å². The maximum absolute atomic E-state index is 12.2. The summed E-state index contributed by atoms with van der Waals surface area (Å²) in [6.07, 6.45) is 2.20. The Labute approximate surface area is 121 Å². The first kappa shape index (κ1) is 13.3. The van der Waals surface area contributed by atoms with Crippen molar-refractivity contribution in [2.45, 2.75) is 25.9 Å². The smallest absolute Gasteiger partial charge is 0.263 e. The second kappa shape index (κ2) is 5.38. The summed E-state index contributed by atoms with van der Waals surface area (Å²) in [7, 11) is 0. The molecule has 6 heteroatoms. The molecular formula is C14H17N3O2S. The summed E-state index contributed by atoms with van der Waals surface area (Å²) in [5.41, 5.74) is 7.49. The second-order valence-corrected chi connectivity index (χ2v) is 5.99. The molecular weight excluding hydrogens is 274 g/mol. The van der Waals surface area contributed by atoms with Crippen molar-refractivity contribution in [2.75, 3.05) is 18.9 Å². The first-order valence-corrected chi connectivity index (χ1v) is 7.52. The summed E-state index contributed by atoms with van der Waals surface area (Å²) in [6, 6.07) is 3.82. The van der Waals surface area contributed by atoms with Gasteiger partial charge in [-0.3, -0.25) is 4.79 Å². The summed E-state index contributed by atoms with van der Waals surface area (Å²) in [6.45, 7) is 3.25. The Morgan fingerprint density at radius 2 is 2.45 bits per heavy atom. The standard InChI is InChI=1S/C14H17N3O2S/c1-8-4-5-10-11(15)12(20-14(10)17-8)13(18)16-7-9-3-2-6-19-9/h4-5,9H,2-3,6-7,15H2,1H3,(H,16,18). The highest BCUT2D eigenvalue weighted by Gasteiger charge is 2.20. The molecule has 20 heavy (non-hydrogen) atoms. The molecule has 1 aliphatic heterocycles. The van der Waals surface area contributed by atoms with E-state index in [9.17, 15) is 4.79 Å². The third-order valence-electron chi connectivity index (χ3n) is 3.45. The van der Waals surface area contributed by atoms with Gasteiger partial charge >= 0.3 is 0 Å². The monoisotopic (exact) mass is 291 g/mol. The Hall–Kier alpha value is -1.66. The average Bonchev–Trinajstić information content (AvgIpc) is 3.04. The number of amides is 1. The molecule has 106 valence electrons. The predicted octanol–water partition coefficient (Wildman–Crippen LogP) is 2.10. The number of nitrogens with one attached hydrogen (secondary N) is 1. The first-order chi connectivity index (χ1) is 9.65. The second-order valence-electron chi connectivity index (χ2n) is 5.00. The van der Waals surface area contributed by atoms with E-state index in [1.807, 2.05) is 19.1 Å². The van der Waals surface area contributed by atoms with Gasteiger partial charge in [0.05, 0.1) is 11.8 Å². The summed E-state index contributed by atoms with van der Waals surface area (Å²) >= 11 is 1.34. The fraction of sp³-hybridized carbons (Fsp3) is 0.429. The summed E-state index contributed by atoms with van der Waals surface area (Å²) in [5.74, 6) is -0.140. The van der Waals surface area contributed by atoms with Crippen molar-refractivity contribution in [3.05, 3.63) is 22.7 Å². The molecule has 3 rings (SSSR count). The van der Waals surface area contributed by atoms with Crippen LogP contribution in [0.15, 0.2) is 12.1 Å². The molecule has 3 heterocycles. The lowest BCUT2D eigenvalue weighted by atomic mass is 10.2. The van der Waals surface area contributed by atoms with E-state index in [-0.39, 0.29) is 12.0 Å². The lowest BCUT2D eigenvalue weighted by Crippen LogP contribution is -2.31. The molecule has 1 saturated heterocycles. The molecule has 0 bridgehead atoms. The molecule has 0 aromatic carbocycles. The number of rotatable bonds is 3. The molecule has 5 nitrogen and oxygen atoms in total. The van der Waals surface area contributed by atoms with E-state index in [2.05, 4.69) is 10.3 Å². The number of thiophene rings is 1. The molecule has 0 aliphatic carbocycles. The number of aryl methyl sites for hydroxylation is 1. The van der Waals surface area contributed by atoms with Crippen molar-refractivity contribution in [1.29, 1.82) is 0 Å². The van der Waals surface area contributed by atoms with Gasteiger partial charge < -0.3 is 15.8 Å². The fourth-order valence-corrected chi connectivity index (χ4v) is 3.41. The zero-order valence-corrected chi connectivity index (χ0v) is 12.1. The van der Waals surface area contributed by atoms with E-state index in [1.54, 1.807) is 0 Å². The molecule has 1 fully saturated rings. The Morgan fingerprint density at radius 1 is 1.60 bits per heavy atom. The van der Waals surface area contributed by atoms with E-state index in [0.29, 0.717) is 17.1 Å². The van der Waals surface area contributed by atoms with Gasteiger partial charge in [-0.15, -0.1) is 11.3 Å². The topological polar surface area (TPSA) is 77.2 Å². The van der Waals surface area contributed by atoms with Gasteiger partial charge in [-0.25, -0.2) is 4.98 Å². The minimum Gasteiger partial charge on any atom is -0.397 e. The van der Waals surface area contributed by atoms with Gasteiger partial charge in [0, 0.05) is 24.2 Å².